The van der Waals surface area contributed by atoms with Crippen LogP contribution in [0.1, 0.15) is 30.9 Å². The zero-order valence-corrected chi connectivity index (χ0v) is 13.5. The van der Waals surface area contributed by atoms with Crippen molar-refractivity contribution in [3.63, 3.8) is 0 Å². The van der Waals surface area contributed by atoms with Gasteiger partial charge in [-0.2, -0.15) is 0 Å². The molecule has 0 atom stereocenters. The smallest absolute Gasteiger partial charge is 0.175 e. The van der Waals surface area contributed by atoms with Crippen molar-refractivity contribution < 1.29 is 9.94 Å². The summed E-state index contributed by atoms with van der Waals surface area (Å²) >= 11 is 3.39. The second-order valence-corrected chi connectivity index (χ2v) is 5.78. The summed E-state index contributed by atoms with van der Waals surface area (Å²) in [5, 5.41) is 12.0. The number of benzene rings is 2. The van der Waals surface area contributed by atoms with E-state index in [0.717, 1.165) is 0 Å². The van der Waals surface area contributed by atoms with Crippen LogP contribution in [-0.4, -0.2) is 11.0 Å². The second-order valence-electron chi connectivity index (χ2n) is 4.93. The Morgan fingerprint density at radius 3 is 2.62 bits per heavy atom. The van der Waals surface area contributed by atoms with Crippen LogP contribution in [0.4, 0.5) is 0 Å². The van der Waals surface area contributed by atoms with Gasteiger partial charge in [0, 0.05) is 4.47 Å². The van der Waals surface area contributed by atoms with Gasteiger partial charge in [0.25, 0.3) is 0 Å². The van der Waals surface area contributed by atoms with Crippen LogP contribution in [0.2, 0.25) is 0 Å². The Hall–Kier alpha value is -2.01. The van der Waals surface area contributed by atoms with E-state index in [4.69, 9.17) is 15.7 Å². The van der Waals surface area contributed by atoms with E-state index in [1.807, 2.05) is 30.3 Å². The summed E-state index contributed by atoms with van der Waals surface area (Å²) in [5.74, 6) is 1.66. The van der Waals surface area contributed by atoms with Crippen LogP contribution in [0.5, 0.6) is 11.5 Å². The largest absolute Gasteiger partial charge is 0.457 e. The highest BCUT2D eigenvalue weighted by Crippen LogP contribution is 2.31. The molecule has 2 aromatic rings. The van der Waals surface area contributed by atoms with E-state index in [1.54, 1.807) is 6.07 Å². The standard InChI is InChI=1S/C16H17BrN2O2/c1-10(2)11-5-3-6-12(9-11)21-14-8-4-7-13(17)15(14)16(18)19-20/h3-10,20H,1-2H3,(H2,18,19). The van der Waals surface area contributed by atoms with Crippen LogP contribution in [0.15, 0.2) is 52.1 Å². The van der Waals surface area contributed by atoms with Gasteiger partial charge in [-0.05, 0) is 51.7 Å². The molecule has 0 unspecified atom stereocenters. The van der Waals surface area contributed by atoms with Gasteiger partial charge in [-0.15, -0.1) is 0 Å². The van der Waals surface area contributed by atoms with Gasteiger partial charge in [0.2, 0.25) is 0 Å². The summed E-state index contributed by atoms with van der Waals surface area (Å²) in [6.45, 7) is 4.25. The molecule has 0 saturated heterocycles. The van der Waals surface area contributed by atoms with Gasteiger partial charge < -0.3 is 15.7 Å². The Balaban J connectivity index is 2.40. The minimum absolute atomic E-state index is 0.00232. The molecule has 3 N–H and O–H groups in total. The Morgan fingerprint density at radius 1 is 1.24 bits per heavy atom. The molecule has 0 radical (unpaired) electrons. The third-order valence-corrected chi connectivity index (χ3v) is 3.75. The monoisotopic (exact) mass is 348 g/mol. The molecule has 0 bridgehead atoms. The topological polar surface area (TPSA) is 67.8 Å². The Bertz CT molecular complexity index is 669. The molecule has 21 heavy (non-hydrogen) atoms. The van der Waals surface area contributed by atoms with Crippen molar-refractivity contribution in [3.05, 3.63) is 58.1 Å². The van der Waals surface area contributed by atoms with Crippen molar-refractivity contribution in [2.45, 2.75) is 19.8 Å². The first-order chi connectivity index (χ1) is 10.0. The highest BCUT2D eigenvalue weighted by Gasteiger charge is 2.13. The highest BCUT2D eigenvalue weighted by molar-refractivity contribution is 9.10. The second kappa shape index (κ2) is 6.63. The van der Waals surface area contributed by atoms with Gasteiger partial charge in [0.05, 0.1) is 5.56 Å². The van der Waals surface area contributed by atoms with E-state index in [9.17, 15) is 0 Å². The van der Waals surface area contributed by atoms with Gasteiger partial charge in [0.1, 0.15) is 11.5 Å². The predicted octanol–water partition coefficient (Wildman–Crippen LogP) is 4.46. The molecule has 0 saturated carbocycles. The van der Waals surface area contributed by atoms with Gasteiger partial charge >= 0.3 is 0 Å². The Labute approximate surface area is 132 Å². The molecule has 0 aliphatic heterocycles. The first kappa shape index (κ1) is 15.4. The van der Waals surface area contributed by atoms with Gasteiger partial charge in [0.15, 0.2) is 5.84 Å². The fraction of sp³-hybridized carbons (Fsp3) is 0.188. The lowest BCUT2D eigenvalue weighted by Crippen LogP contribution is -2.15. The van der Waals surface area contributed by atoms with Crippen LogP contribution in [0.25, 0.3) is 0 Å². The fourth-order valence-corrected chi connectivity index (χ4v) is 2.50. The number of ether oxygens (including phenoxy) is 1. The first-order valence-electron chi connectivity index (χ1n) is 6.57. The Kier molecular flexibility index (Phi) is 4.85. The number of nitrogens with zero attached hydrogens (tertiary/aromatic N) is 1. The van der Waals surface area contributed by atoms with E-state index in [1.165, 1.54) is 5.56 Å². The summed E-state index contributed by atoms with van der Waals surface area (Å²) in [4.78, 5) is 0. The third kappa shape index (κ3) is 3.55. The minimum atomic E-state index is -0.00232. The number of oxime groups is 1. The van der Waals surface area contributed by atoms with Gasteiger partial charge in [-0.1, -0.05) is 37.2 Å². The third-order valence-electron chi connectivity index (χ3n) is 3.09. The number of halogens is 1. The van der Waals surface area contributed by atoms with E-state index < -0.39 is 0 Å². The lowest BCUT2D eigenvalue weighted by molar-refractivity contribution is 0.318. The summed E-state index contributed by atoms with van der Waals surface area (Å²) in [6, 6.07) is 13.3. The van der Waals surface area contributed by atoms with E-state index in [-0.39, 0.29) is 5.84 Å². The zero-order chi connectivity index (χ0) is 15.4. The number of rotatable bonds is 4. The average molecular weight is 349 g/mol. The molecule has 0 aliphatic rings. The molecule has 4 nitrogen and oxygen atoms in total. The summed E-state index contributed by atoms with van der Waals surface area (Å²) in [5.41, 5.74) is 7.43. The summed E-state index contributed by atoms with van der Waals surface area (Å²) in [7, 11) is 0. The van der Waals surface area contributed by atoms with Crippen LogP contribution >= 0.6 is 15.9 Å². The van der Waals surface area contributed by atoms with Crippen LogP contribution < -0.4 is 10.5 Å². The van der Waals surface area contributed by atoms with E-state index >= 15 is 0 Å². The maximum absolute atomic E-state index is 8.91. The van der Waals surface area contributed by atoms with Crippen LogP contribution in [0.3, 0.4) is 0 Å². The fourth-order valence-electron chi connectivity index (χ4n) is 1.95. The first-order valence-corrected chi connectivity index (χ1v) is 7.36. The molecule has 0 fully saturated rings. The number of hydrogen-bond acceptors (Lipinski definition) is 3. The Morgan fingerprint density at radius 2 is 1.95 bits per heavy atom. The lowest BCUT2D eigenvalue weighted by Gasteiger charge is -2.13. The maximum Gasteiger partial charge on any atom is 0.175 e. The predicted molar refractivity (Wildman–Crippen MR) is 87.3 cm³/mol. The van der Waals surface area contributed by atoms with Crippen molar-refractivity contribution in [2.75, 3.05) is 0 Å². The molecule has 0 amide bonds. The van der Waals surface area contributed by atoms with Crippen molar-refractivity contribution >= 4 is 21.8 Å². The normalized spacial score (nSPS) is 11.7. The average Bonchev–Trinajstić information content (AvgIpc) is 2.47. The maximum atomic E-state index is 8.91. The number of amidine groups is 1. The molecular weight excluding hydrogens is 332 g/mol. The lowest BCUT2D eigenvalue weighted by atomic mass is 10.0. The van der Waals surface area contributed by atoms with Crippen molar-refractivity contribution in [3.8, 4) is 11.5 Å². The molecule has 5 heteroatoms. The molecule has 0 aliphatic carbocycles. The minimum Gasteiger partial charge on any atom is -0.457 e. The highest BCUT2D eigenvalue weighted by atomic mass is 79.9. The summed E-state index contributed by atoms with van der Waals surface area (Å²) in [6.07, 6.45) is 0. The SMILES string of the molecule is CC(C)c1cccc(Oc2cccc(Br)c2/C(N)=N/O)c1. The summed E-state index contributed by atoms with van der Waals surface area (Å²) < 4.78 is 6.61. The number of nitrogens with two attached hydrogens (primary N) is 1. The molecule has 0 aromatic heterocycles. The van der Waals surface area contributed by atoms with Gasteiger partial charge in [-0.25, -0.2) is 0 Å². The van der Waals surface area contributed by atoms with Crippen LogP contribution in [-0.2, 0) is 0 Å². The van der Waals surface area contributed by atoms with Gasteiger partial charge in [-0.3, -0.25) is 0 Å². The molecular formula is C16H17BrN2O2. The molecule has 0 spiro atoms. The van der Waals surface area contributed by atoms with E-state index in [0.29, 0.717) is 27.5 Å². The van der Waals surface area contributed by atoms with Crippen molar-refractivity contribution in [1.82, 2.24) is 0 Å². The zero-order valence-electron chi connectivity index (χ0n) is 11.9. The molecule has 110 valence electrons. The number of hydrogen-bond donors (Lipinski definition) is 2. The molecule has 2 aromatic carbocycles. The van der Waals surface area contributed by atoms with E-state index in [2.05, 4.69) is 41.0 Å². The van der Waals surface area contributed by atoms with Crippen molar-refractivity contribution in [2.24, 2.45) is 10.9 Å². The quantitative estimate of drug-likeness (QED) is 0.371. The molecule has 2 rings (SSSR count). The van der Waals surface area contributed by atoms with Crippen molar-refractivity contribution in [1.29, 1.82) is 0 Å². The molecule has 0 heterocycles. The van der Waals surface area contributed by atoms with Crippen LogP contribution in [0, 0.1) is 0 Å².